The summed E-state index contributed by atoms with van der Waals surface area (Å²) in [5.41, 5.74) is 3.00. The van der Waals surface area contributed by atoms with Gasteiger partial charge in [-0.15, -0.1) is 11.3 Å². The summed E-state index contributed by atoms with van der Waals surface area (Å²) in [5.74, 6) is 2.22. The lowest BCUT2D eigenvalue weighted by molar-refractivity contribution is 0.348. The number of nitrogens with zero attached hydrogens (tertiary/aromatic N) is 3. The molecule has 0 spiro atoms. The smallest absolute Gasteiger partial charge is 0.225 e. The molecule has 0 amide bonds. The van der Waals surface area contributed by atoms with Crippen LogP contribution in [-0.4, -0.2) is 26.2 Å². The predicted molar refractivity (Wildman–Crippen MR) is 112 cm³/mol. The molecule has 0 radical (unpaired) electrons. The Kier molecular flexibility index (Phi) is 4.16. The van der Waals surface area contributed by atoms with E-state index in [0.29, 0.717) is 17.9 Å². The Labute approximate surface area is 161 Å². The lowest BCUT2D eigenvalue weighted by Crippen LogP contribution is -2.31. The standard InChI is InChI=1S/C20H22N6S/c1-12-4-2-3-5-15(12)23-20-24-17-8-9-27-18(17)19(25-20)22-14-6-7-16-13(10-14)11-21-26-16/h6-12,15H,2-5H2,1H3,(H,21,26)(H2,22,23,24,25). The number of anilines is 3. The summed E-state index contributed by atoms with van der Waals surface area (Å²) in [5, 5.41) is 17.3. The second kappa shape index (κ2) is 6.81. The number of fused-ring (bicyclic) bond motifs is 2. The number of hydrogen-bond acceptors (Lipinski definition) is 6. The summed E-state index contributed by atoms with van der Waals surface area (Å²) >= 11 is 1.66. The summed E-state index contributed by atoms with van der Waals surface area (Å²) in [4.78, 5) is 9.56. The molecule has 1 aliphatic rings. The quantitative estimate of drug-likeness (QED) is 0.449. The van der Waals surface area contributed by atoms with E-state index in [1.165, 1.54) is 25.7 Å². The van der Waals surface area contributed by atoms with Crippen molar-refractivity contribution in [2.75, 3.05) is 10.6 Å². The Bertz CT molecular complexity index is 1080. The highest BCUT2D eigenvalue weighted by molar-refractivity contribution is 7.17. The topological polar surface area (TPSA) is 78.5 Å². The van der Waals surface area contributed by atoms with Crippen LogP contribution in [0.2, 0.25) is 0 Å². The van der Waals surface area contributed by atoms with E-state index in [4.69, 9.17) is 9.97 Å². The highest BCUT2D eigenvalue weighted by atomic mass is 32.1. The molecule has 5 rings (SSSR count). The second-order valence-corrected chi connectivity index (χ2v) is 8.26. The number of hydrogen-bond donors (Lipinski definition) is 3. The van der Waals surface area contributed by atoms with Crippen molar-refractivity contribution in [2.24, 2.45) is 5.92 Å². The monoisotopic (exact) mass is 378 g/mol. The van der Waals surface area contributed by atoms with Crippen molar-refractivity contribution in [3.05, 3.63) is 35.8 Å². The van der Waals surface area contributed by atoms with E-state index in [1.54, 1.807) is 11.3 Å². The molecule has 2 unspecified atom stereocenters. The van der Waals surface area contributed by atoms with Gasteiger partial charge in [-0.2, -0.15) is 10.1 Å². The van der Waals surface area contributed by atoms with Crippen LogP contribution in [0.3, 0.4) is 0 Å². The van der Waals surface area contributed by atoms with Crippen molar-refractivity contribution in [2.45, 2.75) is 38.6 Å². The van der Waals surface area contributed by atoms with Crippen LogP contribution < -0.4 is 10.6 Å². The molecule has 27 heavy (non-hydrogen) atoms. The molecule has 1 aliphatic carbocycles. The molecule has 3 N–H and O–H groups in total. The number of thiophene rings is 1. The lowest BCUT2D eigenvalue weighted by Gasteiger charge is -2.29. The summed E-state index contributed by atoms with van der Waals surface area (Å²) in [6.07, 6.45) is 6.89. The van der Waals surface area contributed by atoms with Crippen molar-refractivity contribution in [1.82, 2.24) is 20.2 Å². The molecule has 0 aliphatic heterocycles. The van der Waals surface area contributed by atoms with Gasteiger partial charge < -0.3 is 10.6 Å². The minimum absolute atomic E-state index is 0.449. The fourth-order valence-electron chi connectivity index (χ4n) is 3.87. The van der Waals surface area contributed by atoms with Gasteiger partial charge >= 0.3 is 0 Å². The zero-order chi connectivity index (χ0) is 18.2. The fourth-order valence-corrected chi connectivity index (χ4v) is 4.64. The maximum atomic E-state index is 4.82. The van der Waals surface area contributed by atoms with Gasteiger partial charge in [0.1, 0.15) is 0 Å². The van der Waals surface area contributed by atoms with Crippen molar-refractivity contribution in [3.8, 4) is 0 Å². The first-order chi connectivity index (χ1) is 13.3. The molecular weight excluding hydrogens is 356 g/mol. The molecule has 1 fully saturated rings. The Balaban J connectivity index is 1.47. The van der Waals surface area contributed by atoms with Crippen LogP contribution in [-0.2, 0) is 0 Å². The molecule has 6 nitrogen and oxygen atoms in total. The third-order valence-electron chi connectivity index (χ3n) is 5.43. The summed E-state index contributed by atoms with van der Waals surface area (Å²) in [7, 11) is 0. The van der Waals surface area contributed by atoms with Crippen molar-refractivity contribution in [1.29, 1.82) is 0 Å². The normalized spacial score (nSPS) is 20.2. The summed E-state index contributed by atoms with van der Waals surface area (Å²) in [6.45, 7) is 2.32. The molecular formula is C20H22N6S. The lowest BCUT2D eigenvalue weighted by atomic mass is 9.86. The van der Waals surface area contributed by atoms with Crippen LogP contribution in [0.15, 0.2) is 35.8 Å². The van der Waals surface area contributed by atoms with Crippen molar-refractivity contribution in [3.63, 3.8) is 0 Å². The van der Waals surface area contributed by atoms with Gasteiger partial charge in [-0.05, 0) is 48.4 Å². The van der Waals surface area contributed by atoms with E-state index in [9.17, 15) is 0 Å². The minimum Gasteiger partial charge on any atom is -0.351 e. The number of benzene rings is 1. The number of aromatic amines is 1. The highest BCUT2D eigenvalue weighted by Crippen LogP contribution is 2.32. The van der Waals surface area contributed by atoms with Gasteiger partial charge in [-0.25, -0.2) is 4.98 Å². The number of aromatic nitrogens is 4. The van der Waals surface area contributed by atoms with Gasteiger partial charge in [-0.3, -0.25) is 5.10 Å². The SMILES string of the molecule is CC1CCCCC1Nc1nc(Nc2ccc3[nH]ncc3c2)c2sccc2n1. The van der Waals surface area contributed by atoms with E-state index < -0.39 is 0 Å². The van der Waals surface area contributed by atoms with E-state index in [-0.39, 0.29) is 0 Å². The third kappa shape index (κ3) is 3.23. The number of H-pyrrole nitrogens is 1. The molecule has 138 valence electrons. The number of rotatable bonds is 4. The van der Waals surface area contributed by atoms with Crippen LogP contribution in [0.5, 0.6) is 0 Å². The predicted octanol–water partition coefficient (Wildman–Crippen LogP) is 5.30. The van der Waals surface area contributed by atoms with Gasteiger partial charge in [0.2, 0.25) is 5.95 Å². The molecule has 1 saturated carbocycles. The third-order valence-corrected chi connectivity index (χ3v) is 6.34. The van der Waals surface area contributed by atoms with Crippen LogP contribution in [0.1, 0.15) is 32.6 Å². The minimum atomic E-state index is 0.449. The van der Waals surface area contributed by atoms with Gasteiger partial charge in [0.15, 0.2) is 5.82 Å². The van der Waals surface area contributed by atoms with Gasteiger partial charge in [0, 0.05) is 17.1 Å². The first-order valence-corrected chi connectivity index (χ1v) is 10.4. The van der Waals surface area contributed by atoms with Crippen molar-refractivity contribution < 1.29 is 0 Å². The van der Waals surface area contributed by atoms with Gasteiger partial charge in [-0.1, -0.05) is 19.8 Å². The van der Waals surface area contributed by atoms with Crippen LogP contribution in [0.25, 0.3) is 21.1 Å². The second-order valence-electron chi connectivity index (χ2n) is 7.34. The zero-order valence-corrected chi connectivity index (χ0v) is 16.0. The molecule has 0 saturated heterocycles. The molecule has 2 atom stereocenters. The molecule has 3 heterocycles. The summed E-state index contributed by atoms with van der Waals surface area (Å²) in [6, 6.07) is 8.65. The van der Waals surface area contributed by atoms with E-state index in [2.05, 4.69) is 45.3 Å². The fraction of sp³-hybridized carbons (Fsp3) is 0.350. The molecule has 1 aromatic carbocycles. The molecule has 0 bridgehead atoms. The molecule has 4 aromatic rings. The zero-order valence-electron chi connectivity index (χ0n) is 15.2. The van der Waals surface area contributed by atoms with Crippen molar-refractivity contribution >= 4 is 49.9 Å². The van der Waals surface area contributed by atoms with Gasteiger partial charge in [0.05, 0.1) is 21.9 Å². The molecule has 3 aromatic heterocycles. The molecule has 7 heteroatoms. The first-order valence-electron chi connectivity index (χ1n) is 9.48. The maximum absolute atomic E-state index is 4.82. The van der Waals surface area contributed by atoms with Crippen LogP contribution in [0.4, 0.5) is 17.5 Å². The summed E-state index contributed by atoms with van der Waals surface area (Å²) < 4.78 is 1.07. The van der Waals surface area contributed by atoms with Crippen LogP contribution in [0, 0.1) is 5.92 Å². The average molecular weight is 379 g/mol. The maximum Gasteiger partial charge on any atom is 0.225 e. The Morgan fingerprint density at radius 2 is 2.07 bits per heavy atom. The van der Waals surface area contributed by atoms with Crippen LogP contribution >= 0.6 is 11.3 Å². The largest absolute Gasteiger partial charge is 0.351 e. The highest BCUT2D eigenvalue weighted by Gasteiger charge is 2.22. The van der Waals surface area contributed by atoms with E-state index >= 15 is 0 Å². The van der Waals surface area contributed by atoms with E-state index in [1.807, 2.05) is 18.3 Å². The average Bonchev–Trinajstić information content (AvgIpc) is 3.32. The first kappa shape index (κ1) is 16.5. The number of nitrogens with one attached hydrogen (secondary N) is 3. The van der Waals surface area contributed by atoms with E-state index in [0.717, 1.165) is 32.6 Å². The Morgan fingerprint density at radius 1 is 1.15 bits per heavy atom. The van der Waals surface area contributed by atoms with Gasteiger partial charge in [0.25, 0.3) is 0 Å². The Morgan fingerprint density at radius 3 is 3.00 bits per heavy atom. The Hall–Kier alpha value is -2.67.